The number of rotatable bonds is 6. The van der Waals surface area contributed by atoms with Gasteiger partial charge in [-0.15, -0.1) is 0 Å². The number of nitrogens with two attached hydrogens (primary N) is 1. The van der Waals surface area contributed by atoms with Crippen molar-refractivity contribution in [1.29, 1.82) is 0 Å². The fraction of sp³-hybridized carbons (Fsp3) is 0.500. The summed E-state index contributed by atoms with van der Waals surface area (Å²) in [5, 5.41) is 2.92. The number of nitrogen functional groups attached to an aromatic ring is 1. The molecule has 0 saturated carbocycles. The molecule has 4 nitrogen and oxygen atoms in total. The van der Waals surface area contributed by atoms with Crippen molar-refractivity contribution in [2.45, 2.75) is 26.7 Å². The molecule has 1 rings (SSSR count). The second-order valence-electron chi connectivity index (χ2n) is 4.35. The Morgan fingerprint density at radius 1 is 1.39 bits per heavy atom. The lowest BCUT2D eigenvalue weighted by atomic mass is 10.0. The minimum absolute atomic E-state index is 0.140. The highest BCUT2D eigenvalue weighted by Crippen LogP contribution is 2.19. The van der Waals surface area contributed by atoms with Crippen LogP contribution in [0.5, 0.6) is 5.75 Å². The van der Waals surface area contributed by atoms with Gasteiger partial charge in [-0.1, -0.05) is 26.7 Å². The Balaban J connectivity index is 2.71. The van der Waals surface area contributed by atoms with E-state index in [9.17, 15) is 4.79 Å². The smallest absolute Gasteiger partial charge is 0.253 e. The number of ether oxygens (including phenoxy) is 1. The Bertz CT molecular complexity index is 401. The van der Waals surface area contributed by atoms with Gasteiger partial charge in [0.25, 0.3) is 5.91 Å². The highest BCUT2D eigenvalue weighted by Gasteiger charge is 2.12. The second kappa shape index (κ2) is 6.89. The van der Waals surface area contributed by atoms with Gasteiger partial charge in [0.15, 0.2) is 0 Å². The first-order valence-corrected chi connectivity index (χ1v) is 6.34. The van der Waals surface area contributed by atoms with Crippen LogP contribution >= 0.6 is 0 Å². The Hall–Kier alpha value is -1.71. The molecule has 1 aromatic rings. The van der Waals surface area contributed by atoms with E-state index in [0.717, 1.165) is 12.8 Å². The highest BCUT2D eigenvalue weighted by molar-refractivity contribution is 5.99. The number of benzene rings is 1. The monoisotopic (exact) mass is 250 g/mol. The van der Waals surface area contributed by atoms with Gasteiger partial charge < -0.3 is 15.8 Å². The SMILES string of the molecule is CCC(CC)CNC(=O)c1cc(OC)ccc1N. The molecule has 0 saturated heterocycles. The number of methoxy groups -OCH3 is 1. The molecule has 18 heavy (non-hydrogen) atoms. The van der Waals surface area contributed by atoms with Gasteiger partial charge in [0, 0.05) is 12.2 Å². The van der Waals surface area contributed by atoms with Crippen molar-refractivity contribution in [3.63, 3.8) is 0 Å². The zero-order valence-corrected chi connectivity index (χ0v) is 11.3. The van der Waals surface area contributed by atoms with Crippen LogP contribution in [0.4, 0.5) is 5.69 Å². The summed E-state index contributed by atoms with van der Waals surface area (Å²) in [7, 11) is 1.57. The van der Waals surface area contributed by atoms with Crippen LogP contribution in [0, 0.1) is 5.92 Å². The first-order chi connectivity index (χ1) is 8.62. The maximum atomic E-state index is 12.0. The van der Waals surface area contributed by atoms with Gasteiger partial charge in [-0.3, -0.25) is 4.79 Å². The van der Waals surface area contributed by atoms with Gasteiger partial charge in [0.05, 0.1) is 12.7 Å². The van der Waals surface area contributed by atoms with Gasteiger partial charge >= 0.3 is 0 Å². The molecule has 0 heterocycles. The van der Waals surface area contributed by atoms with Crippen LogP contribution in [-0.2, 0) is 0 Å². The molecule has 0 aliphatic rings. The normalized spacial score (nSPS) is 10.4. The van der Waals surface area contributed by atoms with Crippen LogP contribution in [0.25, 0.3) is 0 Å². The minimum Gasteiger partial charge on any atom is -0.497 e. The fourth-order valence-electron chi connectivity index (χ4n) is 1.77. The summed E-state index contributed by atoms with van der Waals surface area (Å²) < 4.78 is 5.09. The van der Waals surface area contributed by atoms with E-state index in [1.165, 1.54) is 0 Å². The molecule has 0 aliphatic heterocycles. The lowest BCUT2D eigenvalue weighted by molar-refractivity contribution is 0.0947. The summed E-state index contributed by atoms with van der Waals surface area (Å²) in [5.41, 5.74) is 6.74. The van der Waals surface area contributed by atoms with Crippen molar-refractivity contribution in [3.8, 4) is 5.75 Å². The van der Waals surface area contributed by atoms with Gasteiger partial charge in [-0.25, -0.2) is 0 Å². The minimum atomic E-state index is -0.140. The molecule has 100 valence electrons. The van der Waals surface area contributed by atoms with Crippen molar-refractivity contribution in [2.24, 2.45) is 5.92 Å². The molecule has 0 radical (unpaired) electrons. The quantitative estimate of drug-likeness (QED) is 0.762. The first kappa shape index (κ1) is 14.4. The standard InChI is InChI=1S/C14H22N2O2/c1-4-10(5-2)9-16-14(17)12-8-11(18-3)6-7-13(12)15/h6-8,10H,4-5,9,15H2,1-3H3,(H,16,17). The lowest BCUT2D eigenvalue weighted by Crippen LogP contribution is -2.29. The summed E-state index contributed by atoms with van der Waals surface area (Å²) in [4.78, 5) is 12.0. The highest BCUT2D eigenvalue weighted by atomic mass is 16.5. The van der Waals surface area contributed by atoms with Crippen molar-refractivity contribution in [1.82, 2.24) is 5.32 Å². The molecule has 4 heteroatoms. The largest absolute Gasteiger partial charge is 0.497 e. The molecule has 0 aliphatic carbocycles. The van der Waals surface area contributed by atoms with Gasteiger partial charge in [0.1, 0.15) is 5.75 Å². The Kier molecular flexibility index (Phi) is 5.49. The van der Waals surface area contributed by atoms with Crippen LogP contribution in [0.2, 0.25) is 0 Å². The van der Waals surface area contributed by atoms with Crippen LogP contribution in [-0.4, -0.2) is 19.6 Å². The van der Waals surface area contributed by atoms with Crippen LogP contribution in [0.15, 0.2) is 18.2 Å². The average Bonchev–Trinajstić information content (AvgIpc) is 2.40. The van der Waals surface area contributed by atoms with Crippen LogP contribution in [0.3, 0.4) is 0 Å². The van der Waals surface area contributed by atoms with Crippen molar-refractivity contribution < 1.29 is 9.53 Å². The number of amides is 1. The third kappa shape index (κ3) is 3.65. The van der Waals surface area contributed by atoms with Gasteiger partial charge in [-0.2, -0.15) is 0 Å². The molecule has 0 atom stereocenters. The molecular formula is C14H22N2O2. The predicted octanol–water partition coefficient (Wildman–Crippen LogP) is 2.44. The number of carbonyl (C=O) groups excluding carboxylic acids is 1. The number of nitrogens with one attached hydrogen (secondary N) is 1. The van der Waals surface area contributed by atoms with Gasteiger partial charge in [-0.05, 0) is 24.1 Å². The van der Waals surface area contributed by atoms with Gasteiger partial charge in [0.2, 0.25) is 0 Å². The van der Waals surface area contributed by atoms with E-state index < -0.39 is 0 Å². The molecule has 0 bridgehead atoms. The molecule has 0 unspecified atom stereocenters. The number of hydrogen-bond donors (Lipinski definition) is 2. The molecule has 1 amide bonds. The summed E-state index contributed by atoms with van der Waals surface area (Å²) in [6.45, 7) is 4.93. The Morgan fingerprint density at radius 2 is 2.06 bits per heavy atom. The summed E-state index contributed by atoms with van der Waals surface area (Å²) in [6, 6.07) is 5.09. The van der Waals surface area contributed by atoms with E-state index >= 15 is 0 Å². The maximum absolute atomic E-state index is 12.0. The first-order valence-electron chi connectivity index (χ1n) is 6.34. The Labute approximate surface area is 109 Å². The molecule has 0 aromatic heterocycles. The van der Waals surface area contributed by atoms with Crippen LogP contribution in [0.1, 0.15) is 37.0 Å². The number of hydrogen-bond acceptors (Lipinski definition) is 3. The van der Waals surface area contributed by atoms with E-state index in [1.54, 1.807) is 25.3 Å². The third-order valence-corrected chi connectivity index (χ3v) is 3.21. The van der Waals surface area contributed by atoms with E-state index in [0.29, 0.717) is 29.5 Å². The van der Waals surface area contributed by atoms with E-state index in [-0.39, 0.29) is 5.91 Å². The lowest BCUT2D eigenvalue weighted by Gasteiger charge is -2.14. The van der Waals surface area contributed by atoms with Crippen molar-refractivity contribution in [2.75, 3.05) is 19.4 Å². The zero-order valence-electron chi connectivity index (χ0n) is 11.3. The molecule has 0 fully saturated rings. The third-order valence-electron chi connectivity index (χ3n) is 3.21. The Morgan fingerprint density at radius 3 is 2.61 bits per heavy atom. The summed E-state index contributed by atoms with van der Waals surface area (Å²) in [5.74, 6) is 1.01. The number of anilines is 1. The molecule has 1 aromatic carbocycles. The van der Waals surface area contributed by atoms with E-state index in [2.05, 4.69) is 19.2 Å². The van der Waals surface area contributed by atoms with E-state index in [1.807, 2.05) is 0 Å². The topological polar surface area (TPSA) is 64.3 Å². The van der Waals surface area contributed by atoms with Crippen LogP contribution < -0.4 is 15.8 Å². The second-order valence-corrected chi connectivity index (χ2v) is 4.35. The zero-order chi connectivity index (χ0) is 13.5. The maximum Gasteiger partial charge on any atom is 0.253 e. The molecular weight excluding hydrogens is 228 g/mol. The van der Waals surface area contributed by atoms with E-state index in [4.69, 9.17) is 10.5 Å². The van der Waals surface area contributed by atoms with Crippen molar-refractivity contribution >= 4 is 11.6 Å². The number of carbonyl (C=O) groups is 1. The molecule has 3 N–H and O–H groups in total. The predicted molar refractivity (Wildman–Crippen MR) is 73.8 cm³/mol. The fourth-order valence-corrected chi connectivity index (χ4v) is 1.77. The molecule has 0 spiro atoms. The summed E-state index contributed by atoms with van der Waals surface area (Å²) in [6.07, 6.45) is 2.12. The average molecular weight is 250 g/mol. The summed E-state index contributed by atoms with van der Waals surface area (Å²) >= 11 is 0. The van der Waals surface area contributed by atoms with Crippen molar-refractivity contribution in [3.05, 3.63) is 23.8 Å².